The Bertz CT molecular complexity index is 473. The molecule has 3 nitrogen and oxygen atoms in total. The van der Waals surface area contributed by atoms with E-state index in [1.165, 1.54) is 31.4 Å². The van der Waals surface area contributed by atoms with Crippen molar-refractivity contribution < 1.29 is 4.79 Å². The summed E-state index contributed by atoms with van der Waals surface area (Å²) in [5, 5.41) is 3.09. The Labute approximate surface area is 127 Å². The zero-order chi connectivity index (χ0) is 14.7. The molecule has 1 aromatic rings. The van der Waals surface area contributed by atoms with Crippen molar-refractivity contribution in [3.8, 4) is 0 Å². The highest BCUT2D eigenvalue weighted by molar-refractivity contribution is 5.76. The predicted octanol–water partition coefficient (Wildman–Crippen LogP) is 3.07. The number of nitrogens with zero attached hydrogens (tertiary/aromatic N) is 1. The Morgan fingerprint density at radius 2 is 2.05 bits per heavy atom. The Kier molecular flexibility index (Phi) is 4.47. The molecule has 0 saturated heterocycles. The maximum Gasteiger partial charge on any atom is 0.220 e. The Morgan fingerprint density at radius 3 is 2.71 bits per heavy atom. The SMILES string of the molecule is CN(CCNC(=O)CC1CC2CCC1C2)c1ccccc1. The van der Waals surface area contributed by atoms with E-state index in [2.05, 4.69) is 29.4 Å². The summed E-state index contributed by atoms with van der Waals surface area (Å²) in [7, 11) is 2.07. The molecule has 0 heterocycles. The summed E-state index contributed by atoms with van der Waals surface area (Å²) in [6, 6.07) is 10.3. The van der Waals surface area contributed by atoms with Gasteiger partial charge in [-0.3, -0.25) is 4.79 Å². The van der Waals surface area contributed by atoms with Crippen molar-refractivity contribution in [3.05, 3.63) is 30.3 Å². The average Bonchev–Trinajstić information content (AvgIpc) is 3.10. The maximum atomic E-state index is 12.1. The van der Waals surface area contributed by atoms with Crippen LogP contribution in [0.25, 0.3) is 0 Å². The summed E-state index contributed by atoms with van der Waals surface area (Å²) in [6.07, 6.45) is 6.19. The minimum atomic E-state index is 0.244. The fourth-order valence-corrected chi connectivity index (χ4v) is 4.11. The first kappa shape index (κ1) is 14.4. The van der Waals surface area contributed by atoms with Crippen LogP contribution in [0.2, 0.25) is 0 Å². The van der Waals surface area contributed by atoms with Crippen molar-refractivity contribution in [2.75, 3.05) is 25.0 Å². The summed E-state index contributed by atoms with van der Waals surface area (Å²) in [4.78, 5) is 14.2. The molecule has 2 fully saturated rings. The predicted molar refractivity (Wildman–Crippen MR) is 86.3 cm³/mol. The topological polar surface area (TPSA) is 32.3 Å². The smallest absolute Gasteiger partial charge is 0.220 e. The molecule has 2 bridgehead atoms. The number of para-hydroxylation sites is 1. The Morgan fingerprint density at radius 1 is 1.24 bits per heavy atom. The third-order valence-corrected chi connectivity index (χ3v) is 5.30. The molecule has 3 heteroatoms. The molecule has 3 unspecified atom stereocenters. The number of amides is 1. The van der Waals surface area contributed by atoms with E-state index in [0.717, 1.165) is 31.3 Å². The van der Waals surface area contributed by atoms with Crippen LogP contribution < -0.4 is 10.2 Å². The lowest BCUT2D eigenvalue weighted by Crippen LogP contribution is -2.34. The quantitative estimate of drug-likeness (QED) is 0.871. The zero-order valence-electron chi connectivity index (χ0n) is 12.9. The van der Waals surface area contributed by atoms with E-state index in [1.54, 1.807) is 0 Å². The van der Waals surface area contributed by atoms with E-state index in [4.69, 9.17) is 0 Å². The van der Waals surface area contributed by atoms with E-state index in [0.29, 0.717) is 5.92 Å². The number of hydrogen-bond donors (Lipinski definition) is 1. The number of nitrogens with one attached hydrogen (secondary N) is 1. The van der Waals surface area contributed by atoms with Gasteiger partial charge in [0.1, 0.15) is 0 Å². The van der Waals surface area contributed by atoms with Gasteiger partial charge in [0, 0.05) is 32.2 Å². The van der Waals surface area contributed by atoms with Gasteiger partial charge in [0.25, 0.3) is 0 Å². The normalized spacial score (nSPS) is 26.8. The van der Waals surface area contributed by atoms with Gasteiger partial charge >= 0.3 is 0 Å². The minimum absolute atomic E-state index is 0.244. The molecule has 2 aliphatic carbocycles. The standard InChI is InChI=1S/C18H26N2O/c1-20(17-5-3-2-4-6-17)10-9-19-18(21)13-16-12-14-7-8-15(16)11-14/h2-6,14-16H,7-13H2,1H3,(H,19,21). The lowest BCUT2D eigenvalue weighted by Gasteiger charge is -2.22. The van der Waals surface area contributed by atoms with Crippen LogP contribution in [-0.2, 0) is 4.79 Å². The molecule has 2 saturated carbocycles. The second-order valence-corrected chi connectivity index (χ2v) is 6.75. The van der Waals surface area contributed by atoms with E-state index in [9.17, 15) is 4.79 Å². The first-order valence-electron chi connectivity index (χ1n) is 8.25. The van der Waals surface area contributed by atoms with Gasteiger partial charge < -0.3 is 10.2 Å². The zero-order valence-corrected chi connectivity index (χ0v) is 12.9. The molecule has 3 rings (SSSR count). The third kappa shape index (κ3) is 3.58. The van der Waals surface area contributed by atoms with Gasteiger partial charge in [-0.1, -0.05) is 24.6 Å². The number of anilines is 1. The molecule has 0 spiro atoms. The summed E-state index contributed by atoms with van der Waals surface area (Å²) < 4.78 is 0. The number of carbonyl (C=O) groups excluding carboxylic acids is 1. The molecule has 0 aliphatic heterocycles. The van der Waals surface area contributed by atoms with Crippen LogP contribution in [0.5, 0.6) is 0 Å². The number of benzene rings is 1. The number of carbonyl (C=O) groups is 1. The van der Waals surface area contributed by atoms with E-state index in [-0.39, 0.29) is 5.91 Å². The second kappa shape index (κ2) is 6.50. The molecule has 0 aromatic heterocycles. The van der Waals surface area contributed by atoms with Crippen molar-refractivity contribution in [1.82, 2.24) is 5.32 Å². The fraction of sp³-hybridized carbons (Fsp3) is 0.611. The lowest BCUT2D eigenvalue weighted by atomic mass is 9.86. The molecule has 1 amide bonds. The highest BCUT2D eigenvalue weighted by Gasteiger charge is 2.39. The highest BCUT2D eigenvalue weighted by atomic mass is 16.1. The van der Waals surface area contributed by atoms with Crippen LogP contribution in [0.3, 0.4) is 0 Å². The largest absolute Gasteiger partial charge is 0.373 e. The Balaban J connectivity index is 1.36. The van der Waals surface area contributed by atoms with Gasteiger partial charge in [-0.15, -0.1) is 0 Å². The molecule has 0 radical (unpaired) electrons. The molecule has 2 aliphatic rings. The first-order valence-corrected chi connectivity index (χ1v) is 8.25. The van der Waals surface area contributed by atoms with Crippen LogP contribution in [0, 0.1) is 17.8 Å². The average molecular weight is 286 g/mol. The molecular formula is C18H26N2O. The van der Waals surface area contributed by atoms with E-state index in [1.807, 2.05) is 18.2 Å². The maximum absolute atomic E-state index is 12.1. The molecule has 1 aromatic carbocycles. The van der Waals surface area contributed by atoms with Crippen molar-refractivity contribution >= 4 is 11.6 Å². The van der Waals surface area contributed by atoms with Crippen LogP contribution >= 0.6 is 0 Å². The highest BCUT2D eigenvalue weighted by Crippen LogP contribution is 2.49. The summed E-state index contributed by atoms with van der Waals surface area (Å²) in [6.45, 7) is 1.58. The number of likely N-dealkylation sites (N-methyl/N-ethyl adjacent to an activating group) is 1. The molecule has 21 heavy (non-hydrogen) atoms. The van der Waals surface area contributed by atoms with Gasteiger partial charge in [-0.05, 0) is 49.1 Å². The van der Waals surface area contributed by atoms with Crippen LogP contribution in [0.15, 0.2) is 30.3 Å². The summed E-state index contributed by atoms with van der Waals surface area (Å²) >= 11 is 0. The van der Waals surface area contributed by atoms with Gasteiger partial charge in [0.15, 0.2) is 0 Å². The van der Waals surface area contributed by atoms with Gasteiger partial charge in [-0.25, -0.2) is 0 Å². The number of rotatable bonds is 6. The molecular weight excluding hydrogens is 260 g/mol. The molecule has 114 valence electrons. The van der Waals surface area contributed by atoms with Crippen molar-refractivity contribution in [1.29, 1.82) is 0 Å². The van der Waals surface area contributed by atoms with Gasteiger partial charge in [0.05, 0.1) is 0 Å². The van der Waals surface area contributed by atoms with E-state index >= 15 is 0 Å². The second-order valence-electron chi connectivity index (χ2n) is 6.75. The fourth-order valence-electron chi connectivity index (χ4n) is 4.11. The van der Waals surface area contributed by atoms with Crippen LogP contribution in [-0.4, -0.2) is 26.0 Å². The van der Waals surface area contributed by atoms with Crippen LogP contribution in [0.4, 0.5) is 5.69 Å². The number of hydrogen-bond acceptors (Lipinski definition) is 2. The third-order valence-electron chi connectivity index (χ3n) is 5.30. The monoisotopic (exact) mass is 286 g/mol. The van der Waals surface area contributed by atoms with Gasteiger partial charge in [-0.2, -0.15) is 0 Å². The minimum Gasteiger partial charge on any atom is -0.373 e. The van der Waals surface area contributed by atoms with Crippen molar-refractivity contribution in [2.24, 2.45) is 17.8 Å². The molecule has 3 atom stereocenters. The molecule has 1 N–H and O–H groups in total. The Hall–Kier alpha value is -1.51. The summed E-state index contributed by atoms with van der Waals surface area (Å²) in [5.74, 6) is 2.68. The van der Waals surface area contributed by atoms with Gasteiger partial charge in [0.2, 0.25) is 5.91 Å². The number of fused-ring (bicyclic) bond motifs is 2. The first-order chi connectivity index (χ1) is 10.2. The van der Waals surface area contributed by atoms with Crippen LogP contribution in [0.1, 0.15) is 32.1 Å². The summed E-state index contributed by atoms with van der Waals surface area (Å²) in [5.41, 5.74) is 1.19. The van der Waals surface area contributed by atoms with Crippen molar-refractivity contribution in [2.45, 2.75) is 32.1 Å². The van der Waals surface area contributed by atoms with Crippen molar-refractivity contribution in [3.63, 3.8) is 0 Å². The van der Waals surface area contributed by atoms with E-state index < -0.39 is 0 Å². The lowest BCUT2D eigenvalue weighted by molar-refractivity contribution is -0.122.